The molecule has 1 aliphatic heterocycles. The Morgan fingerprint density at radius 3 is 3.00 bits per heavy atom. The molecule has 1 saturated heterocycles. The zero-order chi connectivity index (χ0) is 12.7. The summed E-state index contributed by atoms with van der Waals surface area (Å²) < 4.78 is 12.1. The third kappa shape index (κ3) is 1.65. The van der Waals surface area contributed by atoms with E-state index in [1.165, 1.54) is 4.52 Å². The Kier molecular flexibility index (Phi) is 2.51. The van der Waals surface area contributed by atoms with E-state index in [2.05, 4.69) is 15.1 Å². The molecule has 2 aromatic rings. The molecule has 3 heterocycles. The number of fused-ring (bicyclic) bond motifs is 1. The number of rotatable bonds is 2. The molecule has 9 nitrogen and oxygen atoms in total. The maximum absolute atomic E-state index is 8.95. The fraction of sp³-hybridized carbons (Fsp3) is 0.444. The number of nitrogen functional groups attached to an aromatic ring is 2. The van der Waals surface area contributed by atoms with Crippen LogP contribution in [0.15, 0.2) is 6.20 Å². The molecule has 0 amide bonds. The van der Waals surface area contributed by atoms with Crippen molar-refractivity contribution in [1.82, 2.24) is 19.6 Å². The Bertz CT molecular complexity index is 585. The number of anilines is 2. The number of ether oxygens (including phenoxy) is 2. The van der Waals surface area contributed by atoms with Gasteiger partial charge in [-0.05, 0) is 0 Å². The Hall–Kier alpha value is -1.97. The third-order valence-corrected chi connectivity index (χ3v) is 2.68. The van der Waals surface area contributed by atoms with E-state index < -0.39 is 6.29 Å². The van der Waals surface area contributed by atoms with Gasteiger partial charge in [0, 0.05) is 5.56 Å². The van der Waals surface area contributed by atoms with Gasteiger partial charge < -0.3 is 26.0 Å². The summed E-state index contributed by atoms with van der Waals surface area (Å²) in [5, 5.41) is 13.0. The predicted molar refractivity (Wildman–Crippen MR) is 60.3 cm³/mol. The lowest BCUT2D eigenvalue weighted by Gasteiger charge is -2.07. The van der Waals surface area contributed by atoms with Crippen molar-refractivity contribution in [2.75, 3.05) is 24.7 Å². The van der Waals surface area contributed by atoms with E-state index in [1.54, 1.807) is 6.20 Å². The molecule has 0 radical (unpaired) electrons. The Morgan fingerprint density at radius 1 is 1.44 bits per heavy atom. The molecule has 1 fully saturated rings. The van der Waals surface area contributed by atoms with Gasteiger partial charge in [0.05, 0.1) is 19.4 Å². The quantitative estimate of drug-likeness (QED) is 0.600. The molecule has 0 aliphatic carbocycles. The van der Waals surface area contributed by atoms with Crippen LogP contribution in [0.3, 0.4) is 0 Å². The monoisotopic (exact) mass is 252 g/mol. The summed E-state index contributed by atoms with van der Waals surface area (Å²) >= 11 is 0. The number of hydrogen-bond donors (Lipinski definition) is 3. The summed E-state index contributed by atoms with van der Waals surface area (Å²) in [5.41, 5.74) is 12.4. The van der Waals surface area contributed by atoms with Crippen molar-refractivity contribution in [3.63, 3.8) is 0 Å². The normalized spacial score (nSPS) is 23.8. The summed E-state index contributed by atoms with van der Waals surface area (Å²) in [4.78, 5) is 7.89. The lowest BCUT2D eigenvalue weighted by Crippen LogP contribution is -2.13. The van der Waals surface area contributed by atoms with Crippen LogP contribution in [0.1, 0.15) is 11.7 Å². The fourth-order valence-electron chi connectivity index (χ4n) is 1.87. The summed E-state index contributed by atoms with van der Waals surface area (Å²) in [7, 11) is 0. The topological polar surface area (TPSA) is 134 Å². The highest BCUT2D eigenvalue weighted by Crippen LogP contribution is 2.29. The highest BCUT2D eigenvalue weighted by Gasteiger charge is 2.29. The Balaban J connectivity index is 2.03. The minimum atomic E-state index is -0.624. The molecule has 9 heteroatoms. The van der Waals surface area contributed by atoms with Gasteiger partial charge in [-0.2, -0.15) is 19.6 Å². The molecule has 3 rings (SSSR count). The van der Waals surface area contributed by atoms with Crippen LogP contribution in [0.25, 0.3) is 5.65 Å². The first-order chi connectivity index (χ1) is 8.69. The van der Waals surface area contributed by atoms with Crippen LogP contribution in [0.4, 0.5) is 11.9 Å². The molecule has 2 aromatic heterocycles. The van der Waals surface area contributed by atoms with E-state index in [-0.39, 0.29) is 24.6 Å². The van der Waals surface area contributed by atoms with Gasteiger partial charge >= 0.3 is 0 Å². The standard InChI is InChI=1S/C9H12N6O3/c10-8-13-7-4(1-12-15(7)9(11)14-8)5-3-17-6(2-16)18-5/h1,5-6,16H,2-3H2,(H4,10,11,13,14)/t5-,6-/m0/s1. The molecule has 1 aliphatic rings. The van der Waals surface area contributed by atoms with Crippen molar-refractivity contribution in [2.45, 2.75) is 12.4 Å². The van der Waals surface area contributed by atoms with Crippen molar-refractivity contribution in [2.24, 2.45) is 0 Å². The minimum Gasteiger partial charge on any atom is -0.391 e. The Morgan fingerprint density at radius 2 is 2.28 bits per heavy atom. The third-order valence-electron chi connectivity index (χ3n) is 2.68. The predicted octanol–water partition coefficient (Wildman–Crippen LogP) is -1.31. The summed E-state index contributed by atoms with van der Waals surface area (Å²) in [6, 6.07) is 0. The molecule has 0 bridgehead atoms. The average Bonchev–Trinajstić information content (AvgIpc) is 2.93. The molecule has 18 heavy (non-hydrogen) atoms. The van der Waals surface area contributed by atoms with E-state index in [1.807, 2.05) is 0 Å². The number of nitrogens with two attached hydrogens (primary N) is 2. The summed E-state index contributed by atoms with van der Waals surface area (Å²) in [6.07, 6.45) is 0.600. The molecule has 0 aromatic carbocycles. The van der Waals surface area contributed by atoms with Gasteiger partial charge in [0.15, 0.2) is 11.9 Å². The van der Waals surface area contributed by atoms with Crippen molar-refractivity contribution < 1.29 is 14.6 Å². The van der Waals surface area contributed by atoms with Gasteiger partial charge in [-0.25, -0.2) is 0 Å². The fourth-order valence-corrected chi connectivity index (χ4v) is 1.87. The van der Waals surface area contributed by atoms with Crippen molar-refractivity contribution in [1.29, 1.82) is 0 Å². The number of nitrogens with zero attached hydrogens (tertiary/aromatic N) is 4. The average molecular weight is 252 g/mol. The summed E-state index contributed by atoms with van der Waals surface area (Å²) in [6.45, 7) is 0.116. The molecule has 2 atom stereocenters. The SMILES string of the molecule is Nc1nc(N)n2ncc([C@@H]3CO[C@H](CO)O3)c2n1. The van der Waals surface area contributed by atoms with Crippen molar-refractivity contribution in [3.8, 4) is 0 Å². The summed E-state index contributed by atoms with van der Waals surface area (Å²) in [5.74, 6) is 0.223. The van der Waals surface area contributed by atoms with Gasteiger partial charge in [0.25, 0.3) is 0 Å². The van der Waals surface area contributed by atoms with E-state index in [0.29, 0.717) is 17.8 Å². The first-order valence-electron chi connectivity index (χ1n) is 5.33. The molecule has 0 saturated carbocycles. The van der Waals surface area contributed by atoms with Gasteiger partial charge in [0.1, 0.15) is 6.10 Å². The van der Waals surface area contributed by atoms with Gasteiger partial charge in [0.2, 0.25) is 11.9 Å². The second kappa shape index (κ2) is 4.05. The van der Waals surface area contributed by atoms with Gasteiger partial charge in [-0.15, -0.1) is 0 Å². The zero-order valence-electron chi connectivity index (χ0n) is 9.35. The van der Waals surface area contributed by atoms with E-state index >= 15 is 0 Å². The molecule has 5 N–H and O–H groups in total. The first-order valence-corrected chi connectivity index (χ1v) is 5.33. The van der Waals surface area contributed by atoms with Gasteiger partial charge in [-0.3, -0.25) is 0 Å². The highest BCUT2D eigenvalue weighted by molar-refractivity contribution is 5.53. The Labute approximate surface area is 101 Å². The van der Waals surface area contributed by atoms with E-state index in [9.17, 15) is 0 Å². The van der Waals surface area contributed by atoms with Crippen LogP contribution in [-0.4, -0.2) is 44.2 Å². The van der Waals surface area contributed by atoms with E-state index in [4.69, 9.17) is 26.0 Å². The van der Waals surface area contributed by atoms with Crippen LogP contribution in [0, 0.1) is 0 Å². The van der Waals surface area contributed by atoms with Crippen LogP contribution >= 0.6 is 0 Å². The lowest BCUT2D eigenvalue weighted by molar-refractivity contribution is -0.0880. The smallest absolute Gasteiger partial charge is 0.226 e. The number of aliphatic hydroxyl groups is 1. The van der Waals surface area contributed by atoms with Crippen molar-refractivity contribution in [3.05, 3.63) is 11.8 Å². The molecule has 0 spiro atoms. The number of hydrogen-bond acceptors (Lipinski definition) is 8. The highest BCUT2D eigenvalue weighted by atomic mass is 16.7. The minimum absolute atomic E-state index is 0.0689. The second-order valence-corrected chi connectivity index (χ2v) is 3.85. The van der Waals surface area contributed by atoms with Crippen LogP contribution in [0.2, 0.25) is 0 Å². The lowest BCUT2D eigenvalue weighted by atomic mass is 10.2. The maximum Gasteiger partial charge on any atom is 0.226 e. The van der Waals surface area contributed by atoms with Gasteiger partial charge in [-0.1, -0.05) is 0 Å². The zero-order valence-corrected chi connectivity index (χ0v) is 9.35. The number of aromatic nitrogens is 4. The largest absolute Gasteiger partial charge is 0.391 e. The van der Waals surface area contributed by atoms with Crippen LogP contribution < -0.4 is 11.5 Å². The van der Waals surface area contributed by atoms with E-state index in [0.717, 1.165) is 0 Å². The molecule has 0 unspecified atom stereocenters. The second-order valence-electron chi connectivity index (χ2n) is 3.85. The van der Waals surface area contributed by atoms with Crippen LogP contribution in [0.5, 0.6) is 0 Å². The number of aliphatic hydroxyl groups excluding tert-OH is 1. The first kappa shape index (κ1) is 11.1. The van der Waals surface area contributed by atoms with Crippen molar-refractivity contribution >= 4 is 17.5 Å². The van der Waals surface area contributed by atoms with Crippen LogP contribution in [-0.2, 0) is 9.47 Å². The molecular formula is C9H12N6O3. The molecule has 96 valence electrons. The maximum atomic E-state index is 8.95. The molecular weight excluding hydrogens is 240 g/mol.